The van der Waals surface area contributed by atoms with E-state index in [9.17, 15) is 9.59 Å². The molecule has 1 amide bonds. The normalized spacial score (nSPS) is 11.7. The summed E-state index contributed by atoms with van der Waals surface area (Å²) in [5.41, 5.74) is 0.913. The molecule has 6 heteroatoms. The number of carbonyl (C=O) groups is 2. The van der Waals surface area contributed by atoms with Gasteiger partial charge in [0.05, 0.1) is 7.11 Å². The van der Waals surface area contributed by atoms with Gasteiger partial charge < -0.3 is 14.8 Å². The Morgan fingerprint density at radius 3 is 2.58 bits per heavy atom. The third-order valence-electron chi connectivity index (χ3n) is 2.48. The molecule has 0 bridgehead atoms. The van der Waals surface area contributed by atoms with Crippen LogP contribution in [0.2, 0.25) is 0 Å². The first-order chi connectivity index (χ1) is 9.08. The zero-order chi connectivity index (χ0) is 14.3. The van der Waals surface area contributed by atoms with Crippen molar-refractivity contribution in [2.45, 2.75) is 12.5 Å². The Labute approximate surface area is 120 Å². The smallest absolute Gasteiger partial charge is 0.328 e. The highest BCUT2D eigenvalue weighted by Crippen LogP contribution is 2.17. The van der Waals surface area contributed by atoms with Crippen LogP contribution in [0.25, 0.3) is 0 Å². The summed E-state index contributed by atoms with van der Waals surface area (Å²) >= 11 is 3.40. The minimum absolute atomic E-state index is 0.0938. The Balaban J connectivity index is 2.78. The van der Waals surface area contributed by atoms with E-state index in [1.165, 1.54) is 14.2 Å². The Bertz CT molecular complexity index is 450. The lowest BCUT2D eigenvalue weighted by atomic mass is 10.1. The van der Waals surface area contributed by atoms with Gasteiger partial charge in [-0.2, -0.15) is 0 Å². The maximum absolute atomic E-state index is 11.7. The summed E-state index contributed by atoms with van der Waals surface area (Å²) in [4.78, 5) is 23.2. The first-order valence-corrected chi connectivity index (χ1v) is 6.47. The van der Waals surface area contributed by atoms with E-state index in [0.29, 0.717) is 6.42 Å². The quantitative estimate of drug-likeness (QED) is 0.799. The van der Waals surface area contributed by atoms with Crippen molar-refractivity contribution >= 4 is 27.8 Å². The molecule has 0 fully saturated rings. The van der Waals surface area contributed by atoms with Crippen molar-refractivity contribution in [1.82, 2.24) is 5.32 Å². The molecule has 0 aliphatic heterocycles. The van der Waals surface area contributed by atoms with Crippen LogP contribution in [-0.4, -0.2) is 38.7 Å². The minimum atomic E-state index is -0.730. The van der Waals surface area contributed by atoms with Crippen molar-refractivity contribution in [3.63, 3.8) is 0 Å². The molecule has 0 radical (unpaired) electrons. The molecule has 0 saturated carbocycles. The zero-order valence-electron chi connectivity index (χ0n) is 10.8. The zero-order valence-corrected chi connectivity index (χ0v) is 12.4. The van der Waals surface area contributed by atoms with Crippen LogP contribution in [-0.2, 0) is 25.5 Å². The van der Waals surface area contributed by atoms with Crippen molar-refractivity contribution < 1.29 is 19.1 Å². The van der Waals surface area contributed by atoms with Crippen LogP contribution < -0.4 is 5.32 Å². The number of ether oxygens (including phenoxy) is 2. The monoisotopic (exact) mass is 329 g/mol. The molecule has 1 aromatic carbocycles. The molecule has 1 N–H and O–H groups in total. The number of amides is 1. The number of hydrogen-bond donors (Lipinski definition) is 1. The second kappa shape index (κ2) is 7.91. The van der Waals surface area contributed by atoms with E-state index in [0.717, 1.165) is 10.0 Å². The topological polar surface area (TPSA) is 64.6 Å². The molecule has 0 spiro atoms. The van der Waals surface area contributed by atoms with E-state index in [4.69, 9.17) is 9.47 Å². The van der Waals surface area contributed by atoms with Crippen molar-refractivity contribution in [1.29, 1.82) is 0 Å². The number of carbonyl (C=O) groups excluding carboxylic acids is 2. The lowest BCUT2D eigenvalue weighted by Crippen LogP contribution is -2.44. The summed E-state index contributed by atoms with van der Waals surface area (Å²) in [5.74, 6) is -0.842. The van der Waals surface area contributed by atoms with Crippen LogP contribution in [0.5, 0.6) is 0 Å². The van der Waals surface area contributed by atoms with Gasteiger partial charge in [0.25, 0.3) is 0 Å². The van der Waals surface area contributed by atoms with Gasteiger partial charge in [-0.15, -0.1) is 0 Å². The highest BCUT2D eigenvalue weighted by Gasteiger charge is 2.22. The standard InChI is InChI=1S/C13H16BrNO4/c1-18-8-12(16)15-11(13(17)19-2)7-9-5-3-4-6-10(9)14/h3-6,11H,7-8H2,1-2H3,(H,15,16)/t11-/m1/s1. The van der Waals surface area contributed by atoms with Gasteiger partial charge in [0.15, 0.2) is 0 Å². The summed E-state index contributed by atoms with van der Waals surface area (Å²) in [5, 5.41) is 2.59. The van der Waals surface area contributed by atoms with Gasteiger partial charge in [0, 0.05) is 18.0 Å². The maximum Gasteiger partial charge on any atom is 0.328 e. The fraction of sp³-hybridized carbons (Fsp3) is 0.385. The number of halogens is 1. The van der Waals surface area contributed by atoms with Crippen molar-refractivity contribution in [3.05, 3.63) is 34.3 Å². The summed E-state index contributed by atoms with van der Waals surface area (Å²) in [6.07, 6.45) is 0.351. The van der Waals surface area contributed by atoms with Crippen LogP contribution in [0.3, 0.4) is 0 Å². The number of methoxy groups -OCH3 is 2. The van der Waals surface area contributed by atoms with E-state index in [1.54, 1.807) is 0 Å². The lowest BCUT2D eigenvalue weighted by molar-refractivity contribution is -0.145. The summed E-state index contributed by atoms with van der Waals surface area (Å²) in [7, 11) is 2.71. The first kappa shape index (κ1) is 15.7. The lowest BCUT2D eigenvalue weighted by Gasteiger charge is -2.17. The Kier molecular flexibility index (Phi) is 6.52. The van der Waals surface area contributed by atoms with Crippen LogP contribution in [0.15, 0.2) is 28.7 Å². The average molecular weight is 330 g/mol. The highest BCUT2D eigenvalue weighted by atomic mass is 79.9. The van der Waals surface area contributed by atoms with Gasteiger partial charge in [0.1, 0.15) is 12.6 Å². The minimum Gasteiger partial charge on any atom is -0.467 e. The molecule has 1 atom stereocenters. The largest absolute Gasteiger partial charge is 0.467 e. The molecule has 0 unspecified atom stereocenters. The van der Waals surface area contributed by atoms with Crippen molar-refractivity contribution in [2.75, 3.05) is 20.8 Å². The Morgan fingerprint density at radius 1 is 1.32 bits per heavy atom. The molecule has 0 aromatic heterocycles. The third-order valence-corrected chi connectivity index (χ3v) is 3.25. The van der Waals surface area contributed by atoms with E-state index in [2.05, 4.69) is 21.2 Å². The molecule has 5 nitrogen and oxygen atoms in total. The van der Waals surface area contributed by atoms with Gasteiger partial charge in [-0.1, -0.05) is 34.1 Å². The average Bonchev–Trinajstić information content (AvgIpc) is 2.39. The van der Waals surface area contributed by atoms with Gasteiger partial charge in [-0.3, -0.25) is 4.79 Å². The molecule has 1 rings (SSSR count). The molecular weight excluding hydrogens is 314 g/mol. The van der Waals surface area contributed by atoms with Crippen molar-refractivity contribution in [3.8, 4) is 0 Å². The van der Waals surface area contributed by atoms with Crippen LogP contribution >= 0.6 is 15.9 Å². The molecule has 1 aromatic rings. The fourth-order valence-corrected chi connectivity index (χ4v) is 2.03. The van der Waals surface area contributed by atoms with Crippen LogP contribution in [0.4, 0.5) is 0 Å². The molecule has 0 aliphatic rings. The number of rotatable bonds is 6. The first-order valence-electron chi connectivity index (χ1n) is 5.68. The number of hydrogen-bond acceptors (Lipinski definition) is 4. The molecule has 19 heavy (non-hydrogen) atoms. The van der Waals surface area contributed by atoms with E-state index >= 15 is 0 Å². The molecule has 0 aliphatic carbocycles. The van der Waals surface area contributed by atoms with E-state index in [1.807, 2.05) is 24.3 Å². The Morgan fingerprint density at radius 2 is 2.00 bits per heavy atom. The van der Waals surface area contributed by atoms with Crippen LogP contribution in [0, 0.1) is 0 Å². The summed E-state index contributed by atoms with van der Waals surface area (Å²) in [6, 6.07) is 6.77. The second-order valence-corrected chi connectivity index (χ2v) is 4.73. The predicted octanol–water partition coefficient (Wildman–Crippen LogP) is 1.30. The molecule has 0 heterocycles. The number of nitrogens with one attached hydrogen (secondary N) is 1. The maximum atomic E-state index is 11.7. The van der Waals surface area contributed by atoms with Crippen molar-refractivity contribution in [2.24, 2.45) is 0 Å². The van der Waals surface area contributed by atoms with E-state index < -0.39 is 12.0 Å². The molecule has 0 saturated heterocycles. The highest BCUT2D eigenvalue weighted by molar-refractivity contribution is 9.10. The SMILES string of the molecule is COCC(=O)N[C@H](Cc1ccccc1Br)C(=O)OC. The Hall–Kier alpha value is -1.40. The third kappa shape index (κ3) is 5.00. The van der Waals surface area contributed by atoms with Gasteiger partial charge >= 0.3 is 5.97 Å². The second-order valence-electron chi connectivity index (χ2n) is 3.87. The number of esters is 1. The van der Waals surface area contributed by atoms with Gasteiger partial charge in [-0.05, 0) is 11.6 Å². The van der Waals surface area contributed by atoms with Gasteiger partial charge in [-0.25, -0.2) is 4.79 Å². The summed E-state index contributed by atoms with van der Waals surface area (Å²) < 4.78 is 10.3. The molecular formula is C13H16BrNO4. The molecule has 104 valence electrons. The predicted molar refractivity (Wildman–Crippen MR) is 73.7 cm³/mol. The summed E-state index contributed by atoms with van der Waals surface area (Å²) in [6.45, 7) is -0.0938. The van der Waals surface area contributed by atoms with E-state index in [-0.39, 0.29) is 12.5 Å². The number of benzene rings is 1. The van der Waals surface area contributed by atoms with Gasteiger partial charge in [0.2, 0.25) is 5.91 Å². The fourth-order valence-electron chi connectivity index (χ4n) is 1.59. The van der Waals surface area contributed by atoms with Crippen LogP contribution in [0.1, 0.15) is 5.56 Å².